The number of benzene rings is 13. The van der Waals surface area contributed by atoms with E-state index in [1.54, 1.807) is 0 Å². The maximum atomic E-state index is 2.51. The Balaban J connectivity index is 0.831. The van der Waals surface area contributed by atoms with Gasteiger partial charge < -0.3 is 18.9 Å². The summed E-state index contributed by atoms with van der Waals surface area (Å²) in [5, 5.41) is 9.73. The molecule has 2 heterocycles. The van der Waals surface area contributed by atoms with Crippen LogP contribution in [-0.4, -0.2) is 9.13 Å². The highest BCUT2D eigenvalue weighted by atomic mass is 15.2. The molecular formula is C79H58N4. The summed E-state index contributed by atoms with van der Waals surface area (Å²) in [4.78, 5) is 5.00. The molecule has 2 aromatic heterocycles. The van der Waals surface area contributed by atoms with E-state index in [9.17, 15) is 0 Å². The Labute approximate surface area is 483 Å². The van der Waals surface area contributed by atoms with Gasteiger partial charge in [0.1, 0.15) is 0 Å². The molecule has 4 nitrogen and oxygen atoms in total. The molecule has 0 spiro atoms. The van der Waals surface area contributed by atoms with Gasteiger partial charge in [0.15, 0.2) is 0 Å². The van der Waals surface area contributed by atoms with Crippen molar-refractivity contribution in [3.8, 4) is 33.6 Å². The summed E-state index contributed by atoms with van der Waals surface area (Å²) in [6, 6.07) is 103. The topological polar surface area (TPSA) is 16.3 Å². The van der Waals surface area contributed by atoms with E-state index >= 15 is 0 Å². The highest BCUT2D eigenvalue weighted by molar-refractivity contribution is 6.23. The van der Waals surface area contributed by atoms with Gasteiger partial charge in [-0.2, -0.15) is 0 Å². The zero-order valence-corrected chi connectivity index (χ0v) is 46.8. The molecule has 83 heavy (non-hydrogen) atoms. The van der Waals surface area contributed by atoms with Gasteiger partial charge in [0.25, 0.3) is 0 Å². The highest BCUT2D eigenvalue weighted by Gasteiger charge is 2.37. The third-order valence-electron chi connectivity index (χ3n) is 17.9. The fourth-order valence-corrected chi connectivity index (χ4v) is 14.1. The maximum absolute atomic E-state index is 2.51. The van der Waals surface area contributed by atoms with Crippen LogP contribution in [0.3, 0.4) is 0 Å². The van der Waals surface area contributed by atoms with Gasteiger partial charge in [-0.15, -0.1) is 0 Å². The predicted octanol–water partition coefficient (Wildman–Crippen LogP) is 21.7. The van der Waals surface area contributed by atoms with Gasteiger partial charge in [0.2, 0.25) is 0 Å². The van der Waals surface area contributed by atoms with Crippen LogP contribution in [0.1, 0.15) is 36.1 Å². The van der Waals surface area contributed by atoms with Crippen LogP contribution in [0, 0.1) is 13.8 Å². The molecule has 0 N–H and O–H groups in total. The van der Waals surface area contributed by atoms with Gasteiger partial charge in [-0.3, -0.25) is 0 Å². The van der Waals surface area contributed by atoms with E-state index in [1.807, 2.05) is 0 Å². The Morgan fingerprint density at radius 1 is 0.265 bits per heavy atom. The second kappa shape index (κ2) is 18.8. The zero-order valence-electron chi connectivity index (χ0n) is 46.8. The molecule has 0 saturated carbocycles. The first-order valence-corrected chi connectivity index (χ1v) is 28.9. The third-order valence-corrected chi connectivity index (χ3v) is 17.9. The number of hydrogen-bond acceptors (Lipinski definition) is 2. The Kier molecular flexibility index (Phi) is 11.0. The molecule has 0 saturated heterocycles. The van der Waals surface area contributed by atoms with Gasteiger partial charge in [-0.05, 0) is 155 Å². The number of nitrogens with zero attached hydrogens (tertiary/aromatic N) is 4. The van der Waals surface area contributed by atoms with E-state index in [4.69, 9.17) is 0 Å². The minimum Gasteiger partial charge on any atom is -0.309 e. The quantitative estimate of drug-likeness (QED) is 0.106. The summed E-state index contributed by atoms with van der Waals surface area (Å²) in [6.45, 7) is 9.32. The van der Waals surface area contributed by atoms with Crippen LogP contribution in [0.2, 0.25) is 0 Å². The van der Waals surface area contributed by atoms with Gasteiger partial charge in [0.05, 0.1) is 33.4 Å². The average molecular weight is 1060 g/mol. The number of fused-ring (bicyclic) bond motifs is 11. The second-order valence-corrected chi connectivity index (χ2v) is 23.0. The molecule has 16 rings (SSSR count). The number of hydrogen-bond donors (Lipinski definition) is 0. The van der Waals surface area contributed by atoms with Crippen LogP contribution in [0.5, 0.6) is 0 Å². The number of para-hydroxylation sites is 6. The van der Waals surface area contributed by atoms with Crippen molar-refractivity contribution in [1.29, 1.82) is 0 Å². The van der Waals surface area contributed by atoms with Crippen molar-refractivity contribution in [2.45, 2.75) is 33.1 Å². The minimum absolute atomic E-state index is 0.286. The third kappa shape index (κ3) is 7.46. The maximum Gasteiger partial charge on any atom is 0.0619 e. The zero-order chi connectivity index (χ0) is 55.5. The first-order chi connectivity index (χ1) is 40.8. The fraction of sp³-hybridized carbons (Fsp3) is 0.0633. The lowest BCUT2D eigenvalue weighted by molar-refractivity contribution is 0.660. The lowest BCUT2D eigenvalue weighted by Gasteiger charge is -2.33. The van der Waals surface area contributed by atoms with Crippen LogP contribution >= 0.6 is 0 Å². The summed E-state index contributed by atoms with van der Waals surface area (Å²) < 4.78 is 4.85. The van der Waals surface area contributed by atoms with Crippen molar-refractivity contribution in [2.24, 2.45) is 0 Å². The molecule has 4 heteroatoms. The highest BCUT2D eigenvalue weighted by Crippen LogP contribution is 2.55. The van der Waals surface area contributed by atoms with Gasteiger partial charge in [0, 0.05) is 82.6 Å². The summed E-state index contributed by atoms with van der Waals surface area (Å²) >= 11 is 0. The number of aromatic nitrogens is 2. The minimum atomic E-state index is -0.286. The van der Waals surface area contributed by atoms with Crippen LogP contribution in [-0.2, 0) is 5.41 Å². The lowest BCUT2D eigenvalue weighted by atomic mass is 9.82. The molecule has 13 aromatic carbocycles. The monoisotopic (exact) mass is 1060 g/mol. The molecule has 0 fully saturated rings. The van der Waals surface area contributed by atoms with Crippen molar-refractivity contribution in [1.82, 2.24) is 9.13 Å². The normalized spacial score (nSPS) is 12.7. The molecular weight excluding hydrogens is 1000 g/mol. The van der Waals surface area contributed by atoms with Crippen molar-refractivity contribution >= 4 is 99.3 Å². The van der Waals surface area contributed by atoms with E-state index in [2.05, 4.69) is 326 Å². The average Bonchev–Trinajstić information content (AvgIpc) is 3.68. The van der Waals surface area contributed by atoms with E-state index in [0.717, 1.165) is 61.4 Å². The summed E-state index contributed by atoms with van der Waals surface area (Å²) in [7, 11) is 0. The molecule has 394 valence electrons. The lowest BCUT2D eigenvalue weighted by Crippen LogP contribution is -2.17. The van der Waals surface area contributed by atoms with Gasteiger partial charge >= 0.3 is 0 Å². The Morgan fingerprint density at radius 2 is 0.578 bits per heavy atom. The molecule has 1 aliphatic rings. The molecule has 15 aromatic rings. The Morgan fingerprint density at radius 3 is 0.988 bits per heavy atom. The molecule has 0 atom stereocenters. The summed E-state index contributed by atoms with van der Waals surface area (Å²) in [6.07, 6.45) is 0. The van der Waals surface area contributed by atoms with E-state index in [0.29, 0.717) is 0 Å². The summed E-state index contributed by atoms with van der Waals surface area (Å²) in [5.74, 6) is 0. The molecule has 0 amide bonds. The van der Waals surface area contributed by atoms with E-state index in [-0.39, 0.29) is 5.41 Å². The SMILES string of the molecule is Cc1cc(N(c2ccccc2)c2c3ccccc3c(N(c3ccccc3)c3ccc4c(c3)C(C)(C)c3cc(-n5c6ccccc6c6ccccc65)ccc3-4)c3ccccc23)ccc1-c1ccc(-n2c3ccccc3c3ccccc32)cc1C. The van der Waals surface area contributed by atoms with Gasteiger partial charge in [-0.1, -0.05) is 196 Å². The van der Waals surface area contributed by atoms with Crippen LogP contribution < -0.4 is 9.80 Å². The van der Waals surface area contributed by atoms with E-state index in [1.165, 1.54) is 93.8 Å². The summed E-state index contributed by atoms with van der Waals surface area (Å²) in [5.41, 5.74) is 23.8. The van der Waals surface area contributed by atoms with E-state index < -0.39 is 0 Å². The van der Waals surface area contributed by atoms with Gasteiger partial charge in [-0.25, -0.2) is 0 Å². The Hall–Kier alpha value is -10.4. The van der Waals surface area contributed by atoms with Crippen LogP contribution in [0.25, 0.3) is 98.8 Å². The van der Waals surface area contributed by atoms with Crippen molar-refractivity contribution in [3.63, 3.8) is 0 Å². The predicted molar refractivity (Wildman–Crippen MR) is 352 cm³/mol. The Bertz CT molecular complexity index is 4940. The molecule has 0 bridgehead atoms. The van der Waals surface area contributed by atoms with Crippen LogP contribution in [0.4, 0.5) is 34.1 Å². The smallest absolute Gasteiger partial charge is 0.0619 e. The molecule has 0 aliphatic heterocycles. The largest absolute Gasteiger partial charge is 0.309 e. The first-order valence-electron chi connectivity index (χ1n) is 28.9. The van der Waals surface area contributed by atoms with Crippen LogP contribution in [0.15, 0.2) is 279 Å². The van der Waals surface area contributed by atoms with Crippen molar-refractivity contribution < 1.29 is 0 Å². The number of rotatable bonds is 9. The number of anilines is 6. The van der Waals surface area contributed by atoms with Crippen molar-refractivity contribution in [3.05, 3.63) is 301 Å². The first kappa shape index (κ1) is 48.5. The molecule has 0 radical (unpaired) electrons. The molecule has 1 aliphatic carbocycles. The van der Waals surface area contributed by atoms with Crippen molar-refractivity contribution in [2.75, 3.05) is 9.80 Å². The second-order valence-electron chi connectivity index (χ2n) is 23.0. The standard InChI is InChI=1S/C79H58N4/c1-51-47-55(39-43-59(51)60-44-40-56(48-52(60)2)82-73-35-19-15-27-63(73)64-28-16-20-36-74(64)82)80(53-23-7-5-8-24-53)77-67-31-11-13-33-69(67)78(70-34-14-12-32-68(70)77)81(54-25-9-6-10-26-54)57-41-45-61-62-46-42-58(50-72(62)79(3,4)71(61)49-57)83-75-37-21-17-29-65(75)66-30-18-22-38-76(66)83/h5-50H,1-4H3. The number of aryl methyl sites for hydroxylation is 2. The molecule has 0 unspecified atom stereocenters. The fourth-order valence-electron chi connectivity index (χ4n) is 14.1.